The van der Waals surface area contributed by atoms with E-state index >= 15 is 0 Å². The Balaban J connectivity index is 1.98. The molecule has 0 aliphatic heterocycles. The number of anilines is 1. The Morgan fingerprint density at radius 1 is 1.08 bits per heavy atom. The van der Waals surface area contributed by atoms with E-state index < -0.39 is 27.1 Å². The summed E-state index contributed by atoms with van der Waals surface area (Å²) in [5.41, 5.74) is 1.64. The lowest BCUT2D eigenvalue weighted by Crippen LogP contribution is -2.14. The molecule has 0 fully saturated rings. The van der Waals surface area contributed by atoms with Crippen molar-refractivity contribution < 1.29 is 24.1 Å². The van der Waals surface area contributed by atoms with Gasteiger partial charge in [0.2, 0.25) is 5.75 Å². The topological polar surface area (TPSA) is 158 Å². The number of ether oxygens (including phenoxy) is 2. The number of aryl methyl sites for hydroxylation is 2. The van der Waals surface area contributed by atoms with E-state index in [9.17, 15) is 30.3 Å². The number of carbonyl (C=O) groups excluding carboxylic acids is 1. The molecule has 0 spiro atoms. The van der Waals surface area contributed by atoms with Crippen LogP contribution in [0, 0.1) is 45.4 Å². The van der Waals surface area contributed by atoms with E-state index in [0.717, 1.165) is 29.3 Å². The van der Waals surface area contributed by atoms with Gasteiger partial charge in [0.15, 0.2) is 11.5 Å². The third kappa shape index (κ3) is 6.51. The van der Waals surface area contributed by atoms with Gasteiger partial charge in [-0.2, -0.15) is 5.26 Å². The van der Waals surface area contributed by atoms with Crippen molar-refractivity contribution in [1.29, 1.82) is 5.26 Å². The molecular weight excluding hydrogens is 560 g/mol. The van der Waals surface area contributed by atoms with Crippen molar-refractivity contribution in [2.24, 2.45) is 0 Å². The number of nitrogens with one attached hydrogen (secondary N) is 1. The van der Waals surface area contributed by atoms with E-state index in [2.05, 4.69) is 21.2 Å². The Bertz CT molecular complexity index is 1510. The van der Waals surface area contributed by atoms with Crippen molar-refractivity contribution in [2.45, 2.75) is 20.8 Å². The smallest absolute Gasteiger partial charge is 0.318 e. The predicted octanol–water partition coefficient (Wildman–Crippen LogP) is 6.62. The third-order valence-electron chi connectivity index (χ3n) is 5.20. The van der Waals surface area contributed by atoms with Crippen LogP contribution in [0.25, 0.3) is 6.08 Å². The zero-order valence-corrected chi connectivity index (χ0v) is 22.1. The summed E-state index contributed by atoms with van der Waals surface area (Å²) in [7, 11) is 0. The van der Waals surface area contributed by atoms with Crippen LogP contribution < -0.4 is 14.8 Å². The number of nitro groups is 2. The predicted molar refractivity (Wildman–Crippen MR) is 143 cm³/mol. The number of benzene rings is 3. The standard InChI is InChI=1S/C26H21BrN4O7/c1-4-37-24-12-17(10-18(14-28)26(32)29-21-7-5-15(2)9-16(21)3)11-20(27)25(24)38-23-8-6-19(30(33)34)13-22(23)31(35)36/h5-13H,4H2,1-3H3,(H,29,32)/b18-10+. The van der Waals surface area contributed by atoms with Gasteiger partial charge in [0.25, 0.3) is 11.6 Å². The lowest BCUT2D eigenvalue weighted by Gasteiger charge is -2.15. The number of hydrogen-bond donors (Lipinski definition) is 1. The first-order valence-corrected chi connectivity index (χ1v) is 11.9. The van der Waals surface area contributed by atoms with Crippen LogP contribution in [0.15, 0.2) is 58.6 Å². The van der Waals surface area contributed by atoms with Gasteiger partial charge < -0.3 is 14.8 Å². The maximum Gasteiger partial charge on any atom is 0.318 e. The van der Waals surface area contributed by atoms with Crippen molar-refractivity contribution in [3.05, 3.63) is 95.5 Å². The molecule has 0 atom stereocenters. The van der Waals surface area contributed by atoms with Crippen LogP contribution in [-0.2, 0) is 4.79 Å². The van der Waals surface area contributed by atoms with Crippen LogP contribution in [0.2, 0.25) is 0 Å². The van der Waals surface area contributed by atoms with Gasteiger partial charge in [-0.1, -0.05) is 17.7 Å². The highest BCUT2D eigenvalue weighted by Gasteiger charge is 2.24. The first kappa shape index (κ1) is 27.8. The number of hydrogen-bond acceptors (Lipinski definition) is 8. The molecule has 0 saturated heterocycles. The van der Waals surface area contributed by atoms with Crippen LogP contribution in [-0.4, -0.2) is 22.4 Å². The second-order valence-corrected chi connectivity index (χ2v) is 8.83. The summed E-state index contributed by atoms with van der Waals surface area (Å²) in [6, 6.07) is 13.4. The van der Waals surface area contributed by atoms with E-state index in [1.54, 1.807) is 13.0 Å². The lowest BCUT2D eigenvalue weighted by molar-refractivity contribution is -0.394. The maximum atomic E-state index is 12.8. The number of nitro benzene ring substituents is 2. The fourth-order valence-corrected chi connectivity index (χ4v) is 3.99. The summed E-state index contributed by atoms with van der Waals surface area (Å²) in [5.74, 6) is -0.612. The number of nitrogens with zero attached hydrogens (tertiary/aromatic N) is 3. The van der Waals surface area contributed by atoms with Crippen LogP contribution in [0.5, 0.6) is 17.2 Å². The highest BCUT2D eigenvalue weighted by Crippen LogP contribution is 2.43. The molecule has 0 bridgehead atoms. The molecular formula is C26H21BrN4O7. The minimum atomic E-state index is -0.790. The molecule has 3 aromatic carbocycles. The number of nitriles is 1. The van der Waals surface area contributed by atoms with Crippen LogP contribution in [0.3, 0.4) is 0 Å². The molecule has 1 N–H and O–H groups in total. The van der Waals surface area contributed by atoms with Crippen LogP contribution >= 0.6 is 15.9 Å². The van der Waals surface area contributed by atoms with E-state index in [-0.39, 0.29) is 29.4 Å². The molecule has 12 heteroatoms. The summed E-state index contributed by atoms with van der Waals surface area (Å²) >= 11 is 3.35. The lowest BCUT2D eigenvalue weighted by atomic mass is 10.1. The molecule has 194 valence electrons. The molecule has 0 heterocycles. The molecule has 11 nitrogen and oxygen atoms in total. The Morgan fingerprint density at radius 3 is 2.42 bits per heavy atom. The van der Waals surface area contributed by atoms with Crippen molar-refractivity contribution in [3.8, 4) is 23.3 Å². The zero-order valence-electron chi connectivity index (χ0n) is 20.5. The Morgan fingerprint density at radius 2 is 1.82 bits per heavy atom. The largest absolute Gasteiger partial charge is 0.490 e. The van der Waals surface area contributed by atoms with Gasteiger partial charge in [-0.05, 0) is 78.2 Å². The average Bonchev–Trinajstić information content (AvgIpc) is 2.86. The molecule has 1 amide bonds. The number of halogens is 1. The van der Waals surface area contributed by atoms with E-state index in [0.29, 0.717) is 15.7 Å². The minimum Gasteiger partial charge on any atom is -0.490 e. The first-order chi connectivity index (χ1) is 18.0. The fourth-order valence-electron chi connectivity index (χ4n) is 3.45. The normalized spacial score (nSPS) is 10.9. The van der Waals surface area contributed by atoms with E-state index in [1.165, 1.54) is 18.2 Å². The number of carbonyl (C=O) groups is 1. The zero-order chi connectivity index (χ0) is 28.0. The van der Waals surface area contributed by atoms with Crippen LogP contribution in [0.1, 0.15) is 23.6 Å². The van der Waals surface area contributed by atoms with Crippen molar-refractivity contribution >= 4 is 45.0 Å². The monoisotopic (exact) mass is 580 g/mol. The molecule has 0 aliphatic carbocycles. The molecule has 0 aromatic heterocycles. The molecule has 3 aromatic rings. The van der Waals surface area contributed by atoms with Crippen molar-refractivity contribution in [2.75, 3.05) is 11.9 Å². The minimum absolute atomic E-state index is 0.0687. The number of rotatable bonds is 9. The quantitative estimate of drug-likeness (QED) is 0.128. The fraction of sp³-hybridized carbons (Fsp3) is 0.154. The molecule has 0 unspecified atom stereocenters. The molecule has 0 radical (unpaired) electrons. The summed E-state index contributed by atoms with van der Waals surface area (Å²) in [6.07, 6.45) is 1.37. The average molecular weight is 581 g/mol. The van der Waals surface area contributed by atoms with Crippen LogP contribution in [0.4, 0.5) is 17.1 Å². The summed E-state index contributed by atoms with van der Waals surface area (Å²) in [6.45, 7) is 5.70. The van der Waals surface area contributed by atoms with Gasteiger partial charge in [0.05, 0.1) is 27.0 Å². The van der Waals surface area contributed by atoms with Crippen molar-refractivity contribution in [1.82, 2.24) is 0 Å². The number of amides is 1. The van der Waals surface area contributed by atoms with Gasteiger partial charge in [0.1, 0.15) is 11.6 Å². The molecule has 3 rings (SSSR count). The highest BCUT2D eigenvalue weighted by atomic mass is 79.9. The van der Waals surface area contributed by atoms with Gasteiger partial charge in [-0.3, -0.25) is 25.0 Å². The van der Waals surface area contributed by atoms with E-state index in [4.69, 9.17) is 9.47 Å². The van der Waals surface area contributed by atoms with E-state index in [1.807, 2.05) is 32.0 Å². The second kappa shape index (κ2) is 12.0. The Hall–Kier alpha value is -4.76. The summed E-state index contributed by atoms with van der Waals surface area (Å²) in [5, 5.41) is 34.9. The first-order valence-electron chi connectivity index (χ1n) is 11.1. The second-order valence-electron chi connectivity index (χ2n) is 7.97. The Kier molecular flexibility index (Phi) is 8.77. The highest BCUT2D eigenvalue weighted by molar-refractivity contribution is 9.10. The summed E-state index contributed by atoms with van der Waals surface area (Å²) in [4.78, 5) is 33.8. The third-order valence-corrected chi connectivity index (χ3v) is 5.79. The maximum absolute atomic E-state index is 12.8. The van der Waals surface area contributed by atoms with Gasteiger partial charge in [0, 0.05) is 11.8 Å². The Labute approximate surface area is 225 Å². The summed E-state index contributed by atoms with van der Waals surface area (Å²) < 4.78 is 11.7. The number of non-ortho nitro benzene ring substituents is 1. The van der Waals surface area contributed by atoms with Gasteiger partial charge in [-0.25, -0.2) is 0 Å². The SMILES string of the molecule is CCOc1cc(/C=C(\C#N)C(=O)Nc2ccc(C)cc2C)cc(Br)c1Oc1ccc([N+](=O)[O-])cc1[N+](=O)[O-]. The van der Waals surface area contributed by atoms with Gasteiger partial charge >= 0.3 is 5.69 Å². The molecule has 0 aliphatic rings. The van der Waals surface area contributed by atoms with Crippen molar-refractivity contribution in [3.63, 3.8) is 0 Å². The molecule has 38 heavy (non-hydrogen) atoms. The van der Waals surface area contributed by atoms with Gasteiger partial charge in [-0.15, -0.1) is 0 Å². The molecule has 0 saturated carbocycles.